The van der Waals surface area contributed by atoms with Crippen LogP contribution in [0, 0.1) is 20.8 Å². The first-order valence-corrected chi connectivity index (χ1v) is 20.8. The molecule has 1 saturated carbocycles. The van der Waals surface area contributed by atoms with Gasteiger partial charge in [0.2, 0.25) is 0 Å². The van der Waals surface area contributed by atoms with Gasteiger partial charge in [-0.2, -0.15) is 0 Å². The van der Waals surface area contributed by atoms with Crippen LogP contribution >= 0.6 is 7.92 Å². The molecule has 0 amide bonds. The number of nitrogens with one attached hydrogen (secondary N) is 4. The van der Waals surface area contributed by atoms with Crippen molar-refractivity contribution in [1.82, 2.24) is 21.9 Å². The van der Waals surface area contributed by atoms with Crippen LogP contribution in [0.4, 0.5) is 0 Å². The molecule has 0 aliphatic heterocycles. The number of hydroxylamine groups is 4. The van der Waals surface area contributed by atoms with E-state index in [0.29, 0.717) is 0 Å². The molecule has 1 aliphatic carbocycles. The van der Waals surface area contributed by atoms with Crippen LogP contribution in [0.1, 0.15) is 119 Å². The summed E-state index contributed by atoms with van der Waals surface area (Å²) in [7, 11) is 0.0675. The molecule has 0 aromatic carbocycles. The third kappa shape index (κ3) is 34.1. The summed E-state index contributed by atoms with van der Waals surface area (Å²) in [5.41, 5.74) is 8.87. The molecule has 9 nitrogen and oxygen atoms in total. The van der Waals surface area contributed by atoms with E-state index in [4.69, 9.17) is 0 Å². The van der Waals surface area contributed by atoms with E-state index < -0.39 is 15.0 Å². The monoisotopic (exact) mass is 747 g/mol. The molecule has 0 spiro atoms. The molecule has 0 aromatic heterocycles. The largest absolute Gasteiger partial charge is 0 e. The van der Waals surface area contributed by atoms with Crippen molar-refractivity contribution in [3.05, 3.63) is 20.8 Å². The van der Waals surface area contributed by atoms with E-state index in [2.05, 4.69) is 26.5 Å². The molecule has 0 heterocycles. The molecular weight excluding hydrogens is 684 g/mol. The zero-order chi connectivity index (χ0) is 29.8. The van der Waals surface area contributed by atoms with Gasteiger partial charge in [-0.25, -0.2) is 0 Å². The third-order valence-electron chi connectivity index (χ3n) is 7.00. The Kier molecular flexibility index (Phi) is 49.5. The van der Waals surface area contributed by atoms with Crippen molar-refractivity contribution >= 4 is 22.9 Å². The van der Waals surface area contributed by atoms with Gasteiger partial charge in [0.25, 0.3) is 0 Å². The van der Waals surface area contributed by atoms with E-state index in [9.17, 15) is 24.9 Å². The Morgan fingerprint density at radius 1 is 0.650 bits per heavy atom. The van der Waals surface area contributed by atoms with Crippen LogP contribution in [0.3, 0.4) is 0 Å². The zero-order valence-electron chi connectivity index (χ0n) is 26.5. The van der Waals surface area contributed by atoms with Crippen LogP contribution < -0.4 is 21.9 Å². The number of hydrogen-bond donors (Lipinski definition) is 5. The molecule has 40 heavy (non-hydrogen) atoms. The number of rotatable bonds is 16. The predicted octanol–water partition coefficient (Wildman–Crippen LogP) is 6.41. The normalized spacial score (nSPS) is 16.6. The average Bonchev–Trinajstić information content (AvgIpc) is 2.96. The molecule has 0 saturated heterocycles. The summed E-state index contributed by atoms with van der Waals surface area (Å²) in [4.78, 5) is 0. The minimum absolute atomic E-state index is 0. The van der Waals surface area contributed by atoms with E-state index in [1.54, 1.807) is 68.1 Å². The maximum Gasteiger partial charge on any atom is 0 e. The minimum Gasteiger partial charge on any atom is 0 e. The first-order chi connectivity index (χ1) is 18.1. The summed E-state index contributed by atoms with van der Waals surface area (Å²) < 4.78 is 10.1. The molecule has 5 atom stereocenters. The molecule has 0 aromatic rings. The van der Waals surface area contributed by atoms with Gasteiger partial charge in [0.05, 0.1) is 18.5 Å². The Morgan fingerprint density at radius 2 is 0.925 bits per heavy atom. The molecule has 0 bridgehead atoms. The van der Waals surface area contributed by atoms with Crippen molar-refractivity contribution in [1.29, 1.82) is 0 Å². The Bertz CT molecular complexity index is 416. The number of hydrogen-bond acceptors (Lipinski definition) is 9. The van der Waals surface area contributed by atoms with E-state index in [0.717, 1.165) is 4.71 Å². The SMILES string of the molecule is CC(N[O-])C(C)N[O-].CC(N[O-])C(C)N[O-].CCCC[PH+](CCCC)CCCC.C[As](O)C1CCCCC1.[Co].[Co]. The van der Waals surface area contributed by atoms with Crippen molar-refractivity contribution < 1.29 is 37.7 Å². The van der Waals surface area contributed by atoms with E-state index in [-0.39, 0.29) is 65.6 Å². The van der Waals surface area contributed by atoms with Crippen LogP contribution in [0.5, 0.6) is 0 Å². The van der Waals surface area contributed by atoms with Crippen molar-refractivity contribution in [2.45, 2.75) is 154 Å². The fourth-order valence-corrected chi connectivity index (χ4v) is 9.16. The van der Waals surface area contributed by atoms with E-state index >= 15 is 0 Å². The van der Waals surface area contributed by atoms with E-state index in [1.165, 1.54) is 70.6 Å². The Balaban J connectivity index is -0.000000137. The molecule has 1 rings (SSSR count). The number of unbranched alkanes of at least 4 members (excludes halogenated alkanes) is 3. The summed E-state index contributed by atoms with van der Waals surface area (Å²) in [6.45, 7) is 13.5. The molecule has 5 unspecified atom stereocenters. The summed E-state index contributed by atoms with van der Waals surface area (Å²) in [5.74, 6) is 0. The Morgan fingerprint density at radius 3 is 1.10 bits per heavy atom. The van der Waals surface area contributed by atoms with Crippen molar-refractivity contribution in [3.8, 4) is 0 Å². The van der Waals surface area contributed by atoms with Gasteiger partial charge < -0.3 is 42.7 Å². The van der Waals surface area contributed by atoms with Crippen LogP contribution in [0.15, 0.2) is 0 Å². The third-order valence-corrected chi connectivity index (χ3v) is 13.5. The van der Waals surface area contributed by atoms with Gasteiger partial charge in [0, 0.05) is 65.6 Å². The topological polar surface area (TPSA) is 161 Å². The minimum atomic E-state index is -1.31. The van der Waals surface area contributed by atoms with Gasteiger partial charge >= 0.3 is 61.6 Å². The summed E-state index contributed by atoms with van der Waals surface area (Å²) in [6.07, 6.45) is 20.2. The standard InChI is InChI=1S/C12H27P.C7H15AsO.2C4H10N2O2.2Co/c1-4-7-10-13(11-8-5-2)12-9-6-3;1-8(9)7-5-3-2-4-6-7;2*1-3(5-7)4(2)6-8;;/h4-12H2,1-3H3;7,9H,2-6H2,1H3;2*3-6H,1-2H3;;/q;;2*-2;;/p+1. The van der Waals surface area contributed by atoms with Gasteiger partial charge in [-0.15, -0.1) is 0 Å². The maximum atomic E-state index is 9.80. The van der Waals surface area contributed by atoms with Gasteiger partial charge in [0.1, 0.15) is 0 Å². The first-order valence-electron chi connectivity index (χ1n) is 14.9. The average molecular weight is 748 g/mol. The second kappa shape index (κ2) is 38.7. The fourth-order valence-electron chi connectivity index (χ4n) is 3.52. The molecule has 5 N–H and O–H groups in total. The molecule has 1 aliphatic rings. The van der Waals surface area contributed by atoms with Gasteiger partial charge in [-0.1, -0.05) is 40.0 Å². The van der Waals surface area contributed by atoms with Crippen molar-refractivity contribution in [2.75, 3.05) is 18.5 Å². The van der Waals surface area contributed by atoms with Crippen molar-refractivity contribution in [2.24, 2.45) is 0 Å². The van der Waals surface area contributed by atoms with Crippen LogP contribution in [0.25, 0.3) is 0 Å². The van der Waals surface area contributed by atoms with Crippen molar-refractivity contribution in [3.63, 3.8) is 0 Å². The van der Waals surface area contributed by atoms with Crippen LogP contribution in [0.2, 0.25) is 10.4 Å². The van der Waals surface area contributed by atoms with Gasteiger partial charge in [-0.05, 0) is 47.0 Å². The zero-order valence-corrected chi connectivity index (χ0v) is 31.4. The molecule has 1 fully saturated rings. The quantitative estimate of drug-likeness (QED) is 0.0684. The molecule has 13 heteroatoms. The van der Waals surface area contributed by atoms with E-state index in [1.807, 2.05) is 0 Å². The maximum absolute atomic E-state index is 9.80. The summed E-state index contributed by atoms with van der Waals surface area (Å²) in [6, 6.07) is -1.25. The molecule has 2 radical (unpaired) electrons. The fraction of sp³-hybridized carbons (Fsp3) is 1.00. The van der Waals surface area contributed by atoms with Crippen LogP contribution in [-0.4, -0.2) is 61.7 Å². The second-order valence-corrected chi connectivity index (χ2v) is 17.5. The summed E-state index contributed by atoms with van der Waals surface area (Å²) >= 11 is -1.31. The summed E-state index contributed by atoms with van der Waals surface area (Å²) in [5, 5.41) is 39.2. The van der Waals surface area contributed by atoms with Crippen LogP contribution in [-0.2, 0) is 33.6 Å². The predicted molar refractivity (Wildman–Crippen MR) is 172 cm³/mol. The first kappa shape index (κ1) is 51.2. The second-order valence-electron chi connectivity index (χ2n) is 10.6. The van der Waals surface area contributed by atoms with Gasteiger partial charge in [0.15, 0.2) is 0 Å². The van der Waals surface area contributed by atoms with Gasteiger partial charge in [-0.3, -0.25) is 0 Å². The Labute approximate surface area is 274 Å². The smallest absolute Gasteiger partial charge is 0 e. The Hall–Kier alpha value is 1.64. The molecule has 252 valence electrons. The molecular formula is C27H63AsCo2N4O5P-3.